The summed E-state index contributed by atoms with van der Waals surface area (Å²) in [5.74, 6) is 0.144. The van der Waals surface area contributed by atoms with E-state index in [1.807, 2.05) is 0 Å². The summed E-state index contributed by atoms with van der Waals surface area (Å²) in [7, 11) is 0. The number of hydrogen-bond donors (Lipinski definition) is 1. The first kappa shape index (κ1) is 11.3. The molecule has 0 aliphatic heterocycles. The quantitative estimate of drug-likeness (QED) is 0.699. The summed E-state index contributed by atoms with van der Waals surface area (Å²) in [4.78, 5) is 10.9. The molecule has 0 aromatic carbocycles. The van der Waals surface area contributed by atoms with E-state index in [0.29, 0.717) is 6.04 Å². The Labute approximate surface area is 86.8 Å². The van der Waals surface area contributed by atoms with Gasteiger partial charge in [0, 0.05) is 11.7 Å². The van der Waals surface area contributed by atoms with Crippen molar-refractivity contribution in [2.24, 2.45) is 0 Å². The van der Waals surface area contributed by atoms with Crippen molar-refractivity contribution in [2.45, 2.75) is 58.4 Å². The van der Waals surface area contributed by atoms with E-state index < -0.39 is 0 Å². The van der Waals surface area contributed by atoms with E-state index in [1.54, 1.807) is 13.0 Å². The van der Waals surface area contributed by atoms with Crippen molar-refractivity contribution in [2.75, 3.05) is 0 Å². The predicted molar refractivity (Wildman–Crippen MR) is 59.1 cm³/mol. The normalized spacial score (nSPS) is 19.4. The average molecular weight is 195 g/mol. The van der Waals surface area contributed by atoms with Gasteiger partial charge in [-0.3, -0.25) is 4.79 Å². The third kappa shape index (κ3) is 3.95. The van der Waals surface area contributed by atoms with Crippen LogP contribution in [0.25, 0.3) is 0 Å². The lowest BCUT2D eigenvalue weighted by Gasteiger charge is -2.24. The molecule has 0 unspecified atom stereocenters. The molecule has 0 radical (unpaired) electrons. The maximum absolute atomic E-state index is 10.9. The minimum absolute atomic E-state index is 0.144. The van der Waals surface area contributed by atoms with Crippen molar-refractivity contribution in [1.82, 2.24) is 5.32 Å². The Balaban J connectivity index is 2.42. The molecule has 0 aromatic rings. The zero-order valence-corrected chi connectivity index (χ0v) is 9.31. The van der Waals surface area contributed by atoms with Gasteiger partial charge in [-0.25, -0.2) is 0 Å². The van der Waals surface area contributed by atoms with E-state index >= 15 is 0 Å². The summed E-state index contributed by atoms with van der Waals surface area (Å²) in [6, 6.07) is 0.606. The van der Waals surface area contributed by atoms with Crippen molar-refractivity contribution >= 4 is 5.78 Å². The van der Waals surface area contributed by atoms with E-state index in [9.17, 15) is 4.79 Å². The third-order valence-corrected chi connectivity index (χ3v) is 2.75. The molecule has 0 atom stereocenters. The summed E-state index contributed by atoms with van der Waals surface area (Å²) in [5.41, 5.74) is 1.10. The second-order valence-electron chi connectivity index (χ2n) is 4.11. The first-order chi connectivity index (χ1) is 6.72. The summed E-state index contributed by atoms with van der Waals surface area (Å²) >= 11 is 0. The molecule has 0 heterocycles. The first-order valence-electron chi connectivity index (χ1n) is 5.70. The SMILES string of the molecule is CC/C(=C/C(C)=O)NC1CCCCC1. The lowest BCUT2D eigenvalue weighted by molar-refractivity contribution is -0.112. The fraction of sp³-hybridized carbons (Fsp3) is 0.750. The van der Waals surface area contributed by atoms with Crippen LogP contribution >= 0.6 is 0 Å². The Bertz CT molecular complexity index is 214. The van der Waals surface area contributed by atoms with Crippen LogP contribution in [-0.2, 0) is 4.79 Å². The molecule has 0 bridgehead atoms. The van der Waals surface area contributed by atoms with E-state index in [1.165, 1.54) is 32.1 Å². The molecule has 2 nitrogen and oxygen atoms in total. The lowest BCUT2D eigenvalue weighted by Crippen LogP contribution is -2.30. The zero-order valence-electron chi connectivity index (χ0n) is 9.31. The van der Waals surface area contributed by atoms with Gasteiger partial charge < -0.3 is 5.32 Å². The minimum Gasteiger partial charge on any atom is -0.386 e. The number of carbonyl (C=O) groups is 1. The zero-order chi connectivity index (χ0) is 10.4. The fourth-order valence-electron chi connectivity index (χ4n) is 2.00. The van der Waals surface area contributed by atoms with Gasteiger partial charge in [-0.05, 0) is 32.3 Å². The molecule has 80 valence electrons. The number of allylic oxidation sites excluding steroid dienone is 2. The van der Waals surface area contributed by atoms with Crippen LogP contribution in [-0.4, -0.2) is 11.8 Å². The molecule has 1 aliphatic rings. The predicted octanol–water partition coefficient (Wildman–Crippen LogP) is 2.79. The van der Waals surface area contributed by atoms with E-state index in [-0.39, 0.29) is 5.78 Å². The Morgan fingerprint density at radius 1 is 1.36 bits per heavy atom. The van der Waals surface area contributed by atoms with E-state index in [2.05, 4.69) is 12.2 Å². The maximum Gasteiger partial charge on any atom is 0.154 e. The fourth-order valence-corrected chi connectivity index (χ4v) is 2.00. The molecule has 0 amide bonds. The molecule has 14 heavy (non-hydrogen) atoms. The van der Waals surface area contributed by atoms with Gasteiger partial charge in [0.25, 0.3) is 0 Å². The summed E-state index contributed by atoms with van der Waals surface area (Å²) < 4.78 is 0. The summed E-state index contributed by atoms with van der Waals surface area (Å²) in [6.45, 7) is 3.70. The Kier molecular flexibility index (Phi) is 4.71. The van der Waals surface area contributed by atoms with Gasteiger partial charge in [0.15, 0.2) is 5.78 Å². The number of hydrogen-bond acceptors (Lipinski definition) is 2. The van der Waals surface area contributed by atoms with Crippen LogP contribution < -0.4 is 5.32 Å². The topological polar surface area (TPSA) is 29.1 Å². The Morgan fingerprint density at radius 3 is 2.50 bits per heavy atom. The second-order valence-corrected chi connectivity index (χ2v) is 4.11. The molecule has 0 saturated heterocycles. The highest BCUT2D eigenvalue weighted by Gasteiger charge is 2.13. The number of nitrogens with one attached hydrogen (secondary N) is 1. The lowest BCUT2D eigenvalue weighted by atomic mass is 9.95. The smallest absolute Gasteiger partial charge is 0.154 e. The molecule has 2 heteroatoms. The van der Waals surface area contributed by atoms with Crippen molar-refractivity contribution in [3.05, 3.63) is 11.8 Å². The first-order valence-corrected chi connectivity index (χ1v) is 5.70. The Morgan fingerprint density at radius 2 is 2.00 bits per heavy atom. The highest BCUT2D eigenvalue weighted by Crippen LogP contribution is 2.18. The molecule has 1 fully saturated rings. The van der Waals surface area contributed by atoms with Crippen molar-refractivity contribution in [3.63, 3.8) is 0 Å². The molecule has 1 aliphatic carbocycles. The van der Waals surface area contributed by atoms with E-state index in [0.717, 1.165) is 12.1 Å². The molecule has 1 saturated carbocycles. The van der Waals surface area contributed by atoms with E-state index in [4.69, 9.17) is 0 Å². The van der Waals surface area contributed by atoms with Crippen molar-refractivity contribution in [1.29, 1.82) is 0 Å². The highest BCUT2D eigenvalue weighted by atomic mass is 16.1. The van der Waals surface area contributed by atoms with Crippen LogP contribution in [0.3, 0.4) is 0 Å². The van der Waals surface area contributed by atoms with Crippen LogP contribution in [0.4, 0.5) is 0 Å². The van der Waals surface area contributed by atoms with Gasteiger partial charge in [-0.1, -0.05) is 26.2 Å². The third-order valence-electron chi connectivity index (χ3n) is 2.75. The number of rotatable bonds is 4. The highest BCUT2D eigenvalue weighted by molar-refractivity contribution is 5.87. The van der Waals surface area contributed by atoms with Crippen LogP contribution in [0.2, 0.25) is 0 Å². The van der Waals surface area contributed by atoms with Gasteiger partial charge >= 0.3 is 0 Å². The van der Waals surface area contributed by atoms with Gasteiger partial charge in [-0.2, -0.15) is 0 Å². The average Bonchev–Trinajstić information content (AvgIpc) is 2.17. The van der Waals surface area contributed by atoms with Crippen LogP contribution in [0.5, 0.6) is 0 Å². The minimum atomic E-state index is 0.144. The largest absolute Gasteiger partial charge is 0.386 e. The van der Waals surface area contributed by atoms with Crippen molar-refractivity contribution < 1.29 is 4.79 Å². The molecule has 0 aromatic heterocycles. The maximum atomic E-state index is 10.9. The summed E-state index contributed by atoms with van der Waals surface area (Å²) in [5, 5.41) is 3.48. The van der Waals surface area contributed by atoms with Crippen LogP contribution in [0.15, 0.2) is 11.8 Å². The van der Waals surface area contributed by atoms with Gasteiger partial charge in [0.2, 0.25) is 0 Å². The molecular weight excluding hydrogens is 174 g/mol. The van der Waals surface area contributed by atoms with Crippen LogP contribution in [0, 0.1) is 0 Å². The van der Waals surface area contributed by atoms with Crippen molar-refractivity contribution in [3.8, 4) is 0 Å². The molecule has 1 rings (SSSR count). The monoisotopic (exact) mass is 195 g/mol. The van der Waals surface area contributed by atoms with Gasteiger partial charge in [0.1, 0.15) is 0 Å². The molecular formula is C12H21NO. The van der Waals surface area contributed by atoms with Gasteiger partial charge in [-0.15, -0.1) is 0 Å². The number of carbonyl (C=O) groups excluding carboxylic acids is 1. The molecule has 1 N–H and O–H groups in total. The standard InChI is InChI=1S/C12H21NO/c1-3-11(9-10(2)14)13-12-7-5-4-6-8-12/h9,12-13H,3-8H2,1-2H3/b11-9-. The second kappa shape index (κ2) is 5.84. The molecule has 0 spiro atoms. The van der Waals surface area contributed by atoms with Crippen LogP contribution in [0.1, 0.15) is 52.4 Å². The Hall–Kier alpha value is -0.790. The summed E-state index contributed by atoms with van der Waals surface area (Å²) in [6.07, 6.45) is 9.20. The number of ketones is 1. The van der Waals surface area contributed by atoms with Gasteiger partial charge in [0.05, 0.1) is 0 Å².